The Hall–Kier alpha value is -1.56. The molecule has 2 rings (SSSR count). The number of amides is 2. The molecule has 6 heteroatoms. The average molecular weight is 266 g/mol. The summed E-state index contributed by atoms with van der Waals surface area (Å²) in [6.07, 6.45) is 6.68. The Morgan fingerprint density at radius 1 is 1.58 bits per heavy atom. The number of hydrogen-bond acceptors (Lipinski definition) is 3. The summed E-state index contributed by atoms with van der Waals surface area (Å²) in [4.78, 5) is 13.8. The fourth-order valence-corrected chi connectivity index (χ4v) is 2.41. The maximum atomic E-state index is 12.1. The summed E-state index contributed by atoms with van der Waals surface area (Å²) < 4.78 is 1.83. The highest BCUT2D eigenvalue weighted by Crippen LogP contribution is 2.16. The molecule has 2 N–H and O–H groups in total. The van der Waals surface area contributed by atoms with E-state index in [0.29, 0.717) is 6.54 Å². The highest BCUT2D eigenvalue weighted by Gasteiger charge is 2.25. The molecule has 1 atom stereocenters. The van der Waals surface area contributed by atoms with Crippen LogP contribution < -0.4 is 5.32 Å². The maximum Gasteiger partial charge on any atom is 0.317 e. The lowest BCUT2D eigenvalue weighted by atomic mass is 10.0. The van der Waals surface area contributed by atoms with E-state index in [1.54, 1.807) is 11.1 Å². The molecule has 0 spiro atoms. The van der Waals surface area contributed by atoms with Crippen molar-refractivity contribution in [3.8, 4) is 0 Å². The quantitative estimate of drug-likeness (QED) is 0.852. The van der Waals surface area contributed by atoms with Gasteiger partial charge in [0.25, 0.3) is 0 Å². The molecule has 19 heavy (non-hydrogen) atoms. The molecule has 1 aromatic rings. The molecule has 1 fully saturated rings. The Bertz CT molecular complexity index is 419. The number of aromatic nitrogens is 2. The van der Waals surface area contributed by atoms with E-state index in [2.05, 4.69) is 10.4 Å². The van der Waals surface area contributed by atoms with E-state index in [-0.39, 0.29) is 18.7 Å². The van der Waals surface area contributed by atoms with Crippen molar-refractivity contribution >= 4 is 6.03 Å². The van der Waals surface area contributed by atoms with Crippen LogP contribution in [0.2, 0.25) is 0 Å². The van der Waals surface area contributed by atoms with Gasteiger partial charge in [0, 0.05) is 31.4 Å². The number of likely N-dealkylation sites (tertiary alicyclic amines) is 1. The number of rotatable bonds is 4. The van der Waals surface area contributed by atoms with Gasteiger partial charge in [-0.25, -0.2) is 4.79 Å². The van der Waals surface area contributed by atoms with Gasteiger partial charge in [-0.05, 0) is 26.2 Å². The highest BCUT2D eigenvalue weighted by atomic mass is 16.3. The first-order chi connectivity index (χ1) is 9.24. The Morgan fingerprint density at radius 3 is 3.11 bits per heavy atom. The fraction of sp³-hybridized carbons (Fsp3) is 0.692. The largest absolute Gasteiger partial charge is 0.394 e. The van der Waals surface area contributed by atoms with Crippen LogP contribution in [0, 0.1) is 0 Å². The fourth-order valence-electron chi connectivity index (χ4n) is 2.41. The van der Waals surface area contributed by atoms with E-state index >= 15 is 0 Å². The van der Waals surface area contributed by atoms with E-state index < -0.39 is 0 Å². The lowest BCUT2D eigenvalue weighted by Gasteiger charge is -2.34. The molecule has 6 nitrogen and oxygen atoms in total. The normalized spacial score (nSPS) is 19.5. The van der Waals surface area contributed by atoms with Gasteiger partial charge in [0.05, 0.1) is 18.8 Å². The Kier molecular flexibility index (Phi) is 4.79. The highest BCUT2D eigenvalue weighted by molar-refractivity contribution is 5.74. The number of urea groups is 1. The number of nitrogens with zero attached hydrogens (tertiary/aromatic N) is 3. The van der Waals surface area contributed by atoms with Crippen LogP contribution in [0.5, 0.6) is 0 Å². The average Bonchev–Trinajstić information content (AvgIpc) is 2.92. The van der Waals surface area contributed by atoms with Crippen LogP contribution >= 0.6 is 0 Å². The maximum absolute atomic E-state index is 12.1. The molecule has 0 radical (unpaired) electrons. The third kappa shape index (κ3) is 3.47. The predicted molar refractivity (Wildman–Crippen MR) is 71.6 cm³/mol. The van der Waals surface area contributed by atoms with Gasteiger partial charge in [0.2, 0.25) is 0 Å². The molecule has 2 heterocycles. The van der Waals surface area contributed by atoms with E-state index in [1.165, 1.54) is 0 Å². The van der Waals surface area contributed by atoms with Gasteiger partial charge in [-0.1, -0.05) is 0 Å². The minimum Gasteiger partial charge on any atom is -0.394 e. The molecule has 0 unspecified atom stereocenters. The summed E-state index contributed by atoms with van der Waals surface area (Å²) in [5.74, 6) is 0. The second-order valence-corrected chi connectivity index (χ2v) is 4.89. The van der Waals surface area contributed by atoms with Crippen molar-refractivity contribution in [2.75, 3.05) is 13.2 Å². The topological polar surface area (TPSA) is 70.4 Å². The predicted octanol–water partition coefficient (Wildman–Crippen LogP) is 0.959. The molecule has 0 saturated carbocycles. The summed E-state index contributed by atoms with van der Waals surface area (Å²) in [6.45, 7) is 4.10. The lowest BCUT2D eigenvalue weighted by molar-refractivity contribution is 0.108. The van der Waals surface area contributed by atoms with E-state index in [0.717, 1.165) is 37.9 Å². The summed E-state index contributed by atoms with van der Waals surface area (Å²) in [5, 5.41) is 16.4. The van der Waals surface area contributed by atoms with Crippen molar-refractivity contribution in [2.45, 2.75) is 45.3 Å². The van der Waals surface area contributed by atoms with Crippen LogP contribution in [0.1, 0.15) is 31.7 Å². The third-order valence-electron chi connectivity index (χ3n) is 3.55. The second kappa shape index (κ2) is 6.56. The van der Waals surface area contributed by atoms with Gasteiger partial charge < -0.3 is 15.3 Å². The summed E-state index contributed by atoms with van der Waals surface area (Å²) in [7, 11) is 0. The smallest absolute Gasteiger partial charge is 0.317 e. The zero-order valence-corrected chi connectivity index (χ0v) is 11.4. The van der Waals surface area contributed by atoms with E-state index in [4.69, 9.17) is 0 Å². The molecular formula is C13H22N4O2. The SMILES string of the molecule is CCn1cc(CNC(=O)N2CCCC[C@H]2CO)cn1. The van der Waals surface area contributed by atoms with Gasteiger partial charge >= 0.3 is 6.03 Å². The zero-order chi connectivity index (χ0) is 13.7. The number of carbonyl (C=O) groups is 1. The van der Waals surface area contributed by atoms with Crippen molar-refractivity contribution in [2.24, 2.45) is 0 Å². The summed E-state index contributed by atoms with van der Waals surface area (Å²) >= 11 is 0. The van der Waals surface area contributed by atoms with Crippen LogP contribution in [-0.4, -0.2) is 45.0 Å². The molecular weight excluding hydrogens is 244 g/mol. The molecule has 0 aromatic carbocycles. The minimum absolute atomic E-state index is 0.0351. The standard InChI is InChI=1S/C13H22N4O2/c1-2-16-9-11(8-15-16)7-14-13(19)17-6-4-3-5-12(17)10-18/h8-9,12,18H,2-7,10H2,1H3,(H,14,19)/t12-/m0/s1. The van der Waals surface area contributed by atoms with Gasteiger partial charge in [0.15, 0.2) is 0 Å². The van der Waals surface area contributed by atoms with E-state index in [9.17, 15) is 9.90 Å². The molecule has 2 amide bonds. The lowest BCUT2D eigenvalue weighted by Crippen LogP contribution is -2.49. The van der Waals surface area contributed by atoms with E-state index in [1.807, 2.05) is 17.8 Å². The Morgan fingerprint density at radius 2 is 2.42 bits per heavy atom. The van der Waals surface area contributed by atoms with Crippen molar-refractivity contribution in [1.82, 2.24) is 20.0 Å². The first-order valence-corrected chi connectivity index (χ1v) is 6.91. The van der Waals surface area contributed by atoms with Gasteiger partial charge in [-0.15, -0.1) is 0 Å². The first kappa shape index (κ1) is 13.9. The number of nitrogens with one attached hydrogen (secondary N) is 1. The molecule has 1 aromatic heterocycles. The number of carbonyl (C=O) groups excluding carboxylic acids is 1. The number of aliphatic hydroxyl groups excluding tert-OH is 1. The monoisotopic (exact) mass is 266 g/mol. The second-order valence-electron chi connectivity index (χ2n) is 4.89. The molecule has 0 bridgehead atoms. The number of piperidine rings is 1. The van der Waals surface area contributed by atoms with Crippen molar-refractivity contribution < 1.29 is 9.90 Å². The number of aryl methyl sites for hydroxylation is 1. The number of hydrogen-bond donors (Lipinski definition) is 2. The minimum atomic E-state index is -0.0944. The number of aliphatic hydroxyl groups is 1. The van der Waals surface area contributed by atoms with Crippen molar-refractivity contribution in [3.05, 3.63) is 18.0 Å². The third-order valence-corrected chi connectivity index (χ3v) is 3.55. The summed E-state index contributed by atoms with van der Waals surface area (Å²) in [6, 6.07) is -0.130. The molecule has 1 aliphatic rings. The van der Waals surface area contributed by atoms with Crippen LogP contribution in [-0.2, 0) is 13.1 Å². The first-order valence-electron chi connectivity index (χ1n) is 6.91. The van der Waals surface area contributed by atoms with Gasteiger partial charge in [-0.2, -0.15) is 5.10 Å². The Balaban J connectivity index is 1.86. The van der Waals surface area contributed by atoms with Crippen LogP contribution in [0.15, 0.2) is 12.4 Å². The van der Waals surface area contributed by atoms with Crippen LogP contribution in [0.3, 0.4) is 0 Å². The van der Waals surface area contributed by atoms with Gasteiger partial charge in [-0.3, -0.25) is 4.68 Å². The Labute approximate surface area is 113 Å². The zero-order valence-electron chi connectivity index (χ0n) is 11.4. The van der Waals surface area contributed by atoms with Crippen LogP contribution in [0.25, 0.3) is 0 Å². The van der Waals surface area contributed by atoms with Crippen LogP contribution in [0.4, 0.5) is 4.79 Å². The molecule has 106 valence electrons. The molecule has 1 aliphatic heterocycles. The van der Waals surface area contributed by atoms with Crippen molar-refractivity contribution in [1.29, 1.82) is 0 Å². The molecule has 1 saturated heterocycles. The van der Waals surface area contributed by atoms with Crippen molar-refractivity contribution in [3.63, 3.8) is 0 Å². The molecule has 0 aliphatic carbocycles. The van der Waals surface area contributed by atoms with Gasteiger partial charge in [0.1, 0.15) is 0 Å². The summed E-state index contributed by atoms with van der Waals surface area (Å²) in [5.41, 5.74) is 0.993.